The second-order valence-corrected chi connectivity index (χ2v) is 3.60. The minimum absolute atomic E-state index is 0.612. The van der Waals surface area contributed by atoms with Crippen LogP contribution in [0.4, 0.5) is 0 Å². The van der Waals surface area contributed by atoms with Crippen molar-refractivity contribution in [3.63, 3.8) is 0 Å². The van der Waals surface area contributed by atoms with Gasteiger partial charge in [-0.2, -0.15) is 5.10 Å². The van der Waals surface area contributed by atoms with Gasteiger partial charge in [0.1, 0.15) is 0 Å². The Hall–Kier alpha value is -1.61. The highest BCUT2D eigenvalue weighted by Gasteiger charge is 2.03. The highest BCUT2D eigenvalue weighted by molar-refractivity contribution is 5.60. The van der Waals surface area contributed by atoms with Crippen LogP contribution in [0.15, 0.2) is 36.5 Å². The Bertz CT molecular complexity index is 446. The molecule has 0 atom stereocenters. The van der Waals surface area contributed by atoms with E-state index in [4.69, 9.17) is 5.73 Å². The van der Waals surface area contributed by atoms with Crippen molar-refractivity contribution in [3.05, 3.63) is 42.1 Å². The molecule has 0 amide bonds. The number of aryl methyl sites for hydroxylation is 1. The molecule has 3 heteroatoms. The third-order valence-corrected chi connectivity index (χ3v) is 2.37. The van der Waals surface area contributed by atoms with Crippen LogP contribution >= 0.6 is 0 Å². The fourth-order valence-corrected chi connectivity index (χ4v) is 1.68. The molecule has 0 radical (unpaired) electrons. The smallest absolute Gasteiger partial charge is 0.0682 e. The van der Waals surface area contributed by atoms with Crippen molar-refractivity contribution < 1.29 is 0 Å². The number of benzene rings is 1. The molecule has 1 aromatic carbocycles. The largest absolute Gasteiger partial charge is 0.329 e. The maximum absolute atomic E-state index is 5.54. The van der Waals surface area contributed by atoms with Crippen LogP contribution in [0.3, 0.4) is 0 Å². The van der Waals surface area contributed by atoms with E-state index in [1.54, 1.807) is 0 Å². The summed E-state index contributed by atoms with van der Waals surface area (Å²) in [5.74, 6) is 0. The Morgan fingerprint density at radius 1 is 1.33 bits per heavy atom. The first-order chi connectivity index (χ1) is 7.31. The van der Waals surface area contributed by atoms with Gasteiger partial charge in [-0.25, -0.2) is 0 Å². The van der Waals surface area contributed by atoms with Crippen LogP contribution in [-0.2, 0) is 6.54 Å². The molecule has 0 unspecified atom stereocenters. The first kappa shape index (κ1) is 9.93. The minimum atomic E-state index is 0.612. The van der Waals surface area contributed by atoms with Crippen molar-refractivity contribution in [2.75, 3.05) is 6.54 Å². The molecule has 2 N–H and O–H groups in total. The van der Waals surface area contributed by atoms with Crippen molar-refractivity contribution >= 4 is 0 Å². The molecule has 1 heterocycles. The van der Waals surface area contributed by atoms with E-state index in [1.807, 2.05) is 16.9 Å². The van der Waals surface area contributed by atoms with Crippen LogP contribution in [0, 0.1) is 6.92 Å². The molecule has 0 aliphatic carbocycles. The standard InChI is InChI=1S/C12H15N3/c1-10-3-2-4-11(9-10)12-5-7-14-15(12)8-6-13/h2-5,7,9H,6,8,13H2,1H3. The van der Waals surface area contributed by atoms with Crippen LogP contribution in [0.25, 0.3) is 11.3 Å². The van der Waals surface area contributed by atoms with E-state index in [1.165, 1.54) is 11.1 Å². The summed E-state index contributed by atoms with van der Waals surface area (Å²) in [6.45, 7) is 3.46. The molecule has 0 aliphatic heterocycles. The highest BCUT2D eigenvalue weighted by Crippen LogP contribution is 2.19. The summed E-state index contributed by atoms with van der Waals surface area (Å²) >= 11 is 0. The van der Waals surface area contributed by atoms with Gasteiger partial charge in [0.2, 0.25) is 0 Å². The van der Waals surface area contributed by atoms with Crippen molar-refractivity contribution in [1.82, 2.24) is 9.78 Å². The zero-order chi connectivity index (χ0) is 10.7. The number of nitrogens with two attached hydrogens (primary N) is 1. The maximum Gasteiger partial charge on any atom is 0.0682 e. The van der Waals surface area contributed by atoms with E-state index in [0.717, 1.165) is 12.2 Å². The van der Waals surface area contributed by atoms with Gasteiger partial charge in [-0.15, -0.1) is 0 Å². The van der Waals surface area contributed by atoms with Gasteiger partial charge < -0.3 is 5.73 Å². The zero-order valence-electron chi connectivity index (χ0n) is 8.85. The molecule has 15 heavy (non-hydrogen) atoms. The van der Waals surface area contributed by atoms with E-state index in [0.29, 0.717) is 6.54 Å². The Morgan fingerprint density at radius 3 is 2.93 bits per heavy atom. The second kappa shape index (κ2) is 4.28. The number of hydrogen-bond donors (Lipinski definition) is 1. The lowest BCUT2D eigenvalue weighted by atomic mass is 10.1. The minimum Gasteiger partial charge on any atom is -0.329 e. The van der Waals surface area contributed by atoms with E-state index < -0.39 is 0 Å². The van der Waals surface area contributed by atoms with Crippen LogP contribution in [-0.4, -0.2) is 16.3 Å². The lowest BCUT2D eigenvalue weighted by molar-refractivity contribution is 0.631. The molecule has 0 fully saturated rings. The molecular weight excluding hydrogens is 186 g/mol. The summed E-state index contributed by atoms with van der Waals surface area (Å²) in [7, 11) is 0. The second-order valence-electron chi connectivity index (χ2n) is 3.60. The van der Waals surface area contributed by atoms with Gasteiger partial charge in [-0.05, 0) is 19.1 Å². The molecule has 78 valence electrons. The van der Waals surface area contributed by atoms with Crippen LogP contribution < -0.4 is 5.73 Å². The number of rotatable bonds is 3. The average molecular weight is 201 g/mol. The first-order valence-electron chi connectivity index (χ1n) is 5.10. The van der Waals surface area contributed by atoms with E-state index in [2.05, 4.69) is 36.3 Å². The Kier molecular flexibility index (Phi) is 2.83. The SMILES string of the molecule is Cc1cccc(-c2ccnn2CCN)c1. The van der Waals surface area contributed by atoms with Crippen LogP contribution in [0.1, 0.15) is 5.56 Å². The number of aromatic nitrogens is 2. The van der Waals surface area contributed by atoms with E-state index in [-0.39, 0.29) is 0 Å². The third-order valence-electron chi connectivity index (χ3n) is 2.37. The summed E-state index contributed by atoms with van der Waals surface area (Å²) in [6, 6.07) is 10.4. The molecule has 0 spiro atoms. The summed E-state index contributed by atoms with van der Waals surface area (Å²) in [4.78, 5) is 0. The zero-order valence-corrected chi connectivity index (χ0v) is 8.85. The molecular formula is C12H15N3. The average Bonchev–Trinajstić information content (AvgIpc) is 2.66. The predicted molar refractivity (Wildman–Crippen MR) is 61.5 cm³/mol. The van der Waals surface area contributed by atoms with Gasteiger partial charge in [-0.1, -0.05) is 23.8 Å². The van der Waals surface area contributed by atoms with Gasteiger partial charge in [-0.3, -0.25) is 4.68 Å². The molecule has 0 saturated carbocycles. The van der Waals surface area contributed by atoms with E-state index in [9.17, 15) is 0 Å². The van der Waals surface area contributed by atoms with Crippen molar-refractivity contribution in [1.29, 1.82) is 0 Å². The molecule has 3 nitrogen and oxygen atoms in total. The van der Waals surface area contributed by atoms with Gasteiger partial charge in [0.15, 0.2) is 0 Å². The summed E-state index contributed by atoms with van der Waals surface area (Å²) < 4.78 is 1.94. The Morgan fingerprint density at radius 2 is 2.20 bits per heavy atom. The normalized spacial score (nSPS) is 10.5. The first-order valence-corrected chi connectivity index (χ1v) is 5.10. The monoisotopic (exact) mass is 201 g/mol. The van der Waals surface area contributed by atoms with Crippen molar-refractivity contribution in [2.24, 2.45) is 5.73 Å². The Labute approximate surface area is 89.5 Å². The molecule has 0 bridgehead atoms. The van der Waals surface area contributed by atoms with Crippen molar-refractivity contribution in [3.8, 4) is 11.3 Å². The highest BCUT2D eigenvalue weighted by atomic mass is 15.3. The van der Waals surface area contributed by atoms with Crippen LogP contribution in [0.2, 0.25) is 0 Å². The lowest BCUT2D eigenvalue weighted by Gasteiger charge is -2.06. The number of hydrogen-bond acceptors (Lipinski definition) is 2. The van der Waals surface area contributed by atoms with Gasteiger partial charge in [0.25, 0.3) is 0 Å². The predicted octanol–water partition coefficient (Wildman–Crippen LogP) is 1.82. The van der Waals surface area contributed by atoms with Gasteiger partial charge in [0, 0.05) is 18.3 Å². The molecule has 2 rings (SSSR count). The quantitative estimate of drug-likeness (QED) is 0.823. The molecule has 2 aromatic rings. The molecule has 0 saturated heterocycles. The molecule has 0 aliphatic rings. The maximum atomic E-state index is 5.54. The topological polar surface area (TPSA) is 43.8 Å². The molecule has 1 aromatic heterocycles. The third kappa shape index (κ3) is 2.07. The van der Waals surface area contributed by atoms with Gasteiger partial charge in [0.05, 0.1) is 12.2 Å². The lowest BCUT2D eigenvalue weighted by Crippen LogP contribution is -2.11. The number of nitrogens with zero attached hydrogens (tertiary/aromatic N) is 2. The summed E-state index contributed by atoms with van der Waals surface area (Å²) in [5, 5.41) is 4.25. The van der Waals surface area contributed by atoms with Gasteiger partial charge >= 0.3 is 0 Å². The van der Waals surface area contributed by atoms with Crippen LogP contribution in [0.5, 0.6) is 0 Å². The Balaban J connectivity index is 2.40. The fourth-order valence-electron chi connectivity index (χ4n) is 1.68. The summed E-state index contributed by atoms with van der Waals surface area (Å²) in [6.07, 6.45) is 1.81. The summed E-state index contributed by atoms with van der Waals surface area (Å²) in [5.41, 5.74) is 9.12. The van der Waals surface area contributed by atoms with E-state index >= 15 is 0 Å². The van der Waals surface area contributed by atoms with Crippen molar-refractivity contribution in [2.45, 2.75) is 13.5 Å². The fraction of sp³-hybridized carbons (Fsp3) is 0.250.